The summed E-state index contributed by atoms with van der Waals surface area (Å²) in [7, 11) is 0. The fraction of sp³-hybridized carbons (Fsp3) is 0.300. The topological polar surface area (TPSA) is 47.6 Å². The second kappa shape index (κ2) is 4.40. The summed E-state index contributed by atoms with van der Waals surface area (Å²) in [6.07, 6.45) is -0.604. The Morgan fingerprint density at radius 1 is 1.47 bits per heavy atom. The number of carbonyl (C=O) groups is 1. The van der Waals surface area contributed by atoms with Crippen LogP contribution in [0.15, 0.2) is 24.3 Å². The van der Waals surface area contributed by atoms with E-state index in [0.29, 0.717) is 23.9 Å². The van der Waals surface area contributed by atoms with Crippen LogP contribution in [0.3, 0.4) is 0 Å². The summed E-state index contributed by atoms with van der Waals surface area (Å²) < 4.78 is 10.3. The van der Waals surface area contributed by atoms with E-state index in [2.05, 4.69) is 5.32 Å². The number of alkyl carbamates (subject to hydrolysis) is 1. The van der Waals surface area contributed by atoms with Crippen molar-refractivity contribution in [3.63, 3.8) is 0 Å². The van der Waals surface area contributed by atoms with E-state index < -0.39 is 0 Å². The van der Waals surface area contributed by atoms with Crippen LogP contribution in [-0.4, -0.2) is 25.3 Å². The average Bonchev–Trinajstić information content (AvgIpc) is 2.64. The molecular formula is C10H10ClNO3. The van der Waals surface area contributed by atoms with Crippen molar-refractivity contribution in [1.29, 1.82) is 0 Å². The molecule has 15 heavy (non-hydrogen) atoms. The molecule has 1 N–H and O–H groups in total. The monoisotopic (exact) mass is 227 g/mol. The highest BCUT2D eigenvalue weighted by Gasteiger charge is 2.22. The van der Waals surface area contributed by atoms with Crippen LogP contribution < -0.4 is 10.1 Å². The maximum absolute atomic E-state index is 10.7. The van der Waals surface area contributed by atoms with Gasteiger partial charge in [0.1, 0.15) is 12.4 Å². The lowest BCUT2D eigenvalue weighted by Gasteiger charge is -2.09. The molecule has 80 valence electrons. The van der Waals surface area contributed by atoms with Gasteiger partial charge in [-0.25, -0.2) is 4.79 Å². The molecule has 0 unspecified atom stereocenters. The van der Waals surface area contributed by atoms with E-state index in [-0.39, 0.29) is 12.2 Å². The van der Waals surface area contributed by atoms with Gasteiger partial charge in [0.2, 0.25) is 0 Å². The molecule has 1 aliphatic rings. The number of hydrogen-bond acceptors (Lipinski definition) is 3. The van der Waals surface area contributed by atoms with Gasteiger partial charge in [-0.2, -0.15) is 0 Å². The van der Waals surface area contributed by atoms with Gasteiger partial charge in [0.25, 0.3) is 0 Å². The van der Waals surface area contributed by atoms with Crippen molar-refractivity contribution in [2.24, 2.45) is 0 Å². The van der Waals surface area contributed by atoms with Crippen LogP contribution in [0.2, 0.25) is 5.02 Å². The summed E-state index contributed by atoms with van der Waals surface area (Å²) in [6.45, 7) is 0.840. The predicted octanol–water partition coefficient (Wildman–Crippen LogP) is 1.83. The Hall–Kier alpha value is -1.42. The molecule has 1 fully saturated rings. The van der Waals surface area contributed by atoms with Gasteiger partial charge in [-0.3, -0.25) is 0 Å². The van der Waals surface area contributed by atoms with Gasteiger partial charge >= 0.3 is 6.09 Å². The van der Waals surface area contributed by atoms with Crippen LogP contribution >= 0.6 is 11.6 Å². The number of nitrogens with one attached hydrogen (secondary N) is 1. The summed E-state index contributed by atoms with van der Waals surface area (Å²) in [5.74, 6) is 0.711. The van der Waals surface area contributed by atoms with Crippen LogP contribution in [-0.2, 0) is 4.74 Å². The summed E-state index contributed by atoms with van der Waals surface area (Å²) in [5.41, 5.74) is 0. The van der Waals surface area contributed by atoms with Crippen molar-refractivity contribution >= 4 is 17.7 Å². The third-order valence-corrected chi connectivity index (χ3v) is 2.25. The molecule has 4 nitrogen and oxygen atoms in total. The normalized spacial score (nSPS) is 19.5. The highest BCUT2D eigenvalue weighted by Crippen LogP contribution is 2.16. The predicted molar refractivity (Wildman–Crippen MR) is 55.2 cm³/mol. The molecule has 0 aliphatic carbocycles. The lowest BCUT2D eigenvalue weighted by Crippen LogP contribution is -2.21. The second-order valence-electron chi connectivity index (χ2n) is 3.17. The summed E-state index contributed by atoms with van der Waals surface area (Å²) >= 11 is 5.72. The van der Waals surface area contributed by atoms with Crippen molar-refractivity contribution < 1.29 is 14.3 Å². The van der Waals surface area contributed by atoms with Gasteiger partial charge < -0.3 is 14.8 Å². The van der Waals surface area contributed by atoms with Gasteiger partial charge in [-0.05, 0) is 24.3 Å². The first kappa shape index (κ1) is 10.1. The number of benzene rings is 1. The molecule has 0 aromatic heterocycles. The number of ether oxygens (including phenoxy) is 2. The molecule has 5 heteroatoms. The number of carbonyl (C=O) groups excluding carboxylic acids is 1. The van der Waals surface area contributed by atoms with Crippen molar-refractivity contribution in [3.8, 4) is 5.75 Å². The van der Waals surface area contributed by atoms with Gasteiger partial charge in [0, 0.05) is 5.02 Å². The molecule has 1 amide bonds. The van der Waals surface area contributed by atoms with Crippen molar-refractivity contribution in [3.05, 3.63) is 29.3 Å². The Balaban J connectivity index is 1.83. The van der Waals surface area contributed by atoms with E-state index in [1.165, 1.54) is 0 Å². The molecule has 0 saturated carbocycles. The van der Waals surface area contributed by atoms with Crippen molar-refractivity contribution in [2.75, 3.05) is 13.2 Å². The fourth-order valence-electron chi connectivity index (χ4n) is 1.24. The minimum atomic E-state index is -0.389. The maximum Gasteiger partial charge on any atom is 0.407 e. The fourth-order valence-corrected chi connectivity index (χ4v) is 1.37. The second-order valence-corrected chi connectivity index (χ2v) is 3.61. The molecule has 1 heterocycles. The largest absolute Gasteiger partial charge is 0.490 e. The minimum absolute atomic E-state index is 0.215. The Morgan fingerprint density at radius 3 is 2.80 bits per heavy atom. The summed E-state index contributed by atoms with van der Waals surface area (Å²) in [5, 5.41) is 3.22. The molecule has 0 bridgehead atoms. The van der Waals surface area contributed by atoms with E-state index in [1.54, 1.807) is 24.3 Å². The molecule has 1 atom stereocenters. The van der Waals surface area contributed by atoms with Gasteiger partial charge in [0.15, 0.2) is 6.10 Å². The van der Waals surface area contributed by atoms with E-state index in [1.807, 2.05) is 0 Å². The number of halogens is 1. The zero-order valence-corrected chi connectivity index (χ0v) is 8.66. The van der Waals surface area contributed by atoms with Gasteiger partial charge in [-0.1, -0.05) is 11.6 Å². The summed E-state index contributed by atoms with van der Waals surface area (Å²) in [4.78, 5) is 10.7. The average molecular weight is 228 g/mol. The van der Waals surface area contributed by atoms with Crippen LogP contribution in [0.1, 0.15) is 0 Å². The van der Waals surface area contributed by atoms with Crippen LogP contribution in [0.5, 0.6) is 5.75 Å². The van der Waals surface area contributed by atoms with Crippen LogP contribution in [0.4, 0.5) is 4.79 Å². The molecule has 1 aliphatic heterocycles. The summed E-state index contributed by atoms with van der Waals surface area (Å²) in [6, 6.07) is 7.03. The first-order valence-electron chi connectivity index (χ1n) is 4.57. The van der Waals surface area contributed by atoms with E-state index in [4.69, 9.17) is 21.1 Å². The molecule has 1 aromatic carbocycles. The standard InChI is InChI=1S/C10H10ClNO3/c11-7-1-3-8(4-2-7)14-6-9-5-12-10(13)15-9/h1-4,9H,5-6H2,(H,12,13)/t9-/m1/s1. The number of rotatable bonds is 3. The SMILES string of the molecule is O=C1NC[C@H](COc2ccc(Cl)cc2)O1. The molecule has 1 aromatic rings. The molecule has 2 rings (SSSR count). The third kappa shape index (κ3) is 2.76. The molecular weight excluding hydrogens is 218 g/mol. The molecule has 0 radical (unpaired) electrons. The van der Waals surface area contributed by atoms with E-state index in [0.717, 1.165) is 0 Å². The Kier molecular flexibility index (Phi) is 2.97. The first-order valence-corrected chi connectivity index (χ1v) is 4.95. The third-order valence-electron chi connectivity index (χ3n) is 2.00. The lowest BCUT2D eigenvalue weighted by atomic mass is 10.3. The lowest BCUT2D eigenvalue weighted by molar-refractivity contribution is 0.105. The molecule has 0 spiro atoms. The Labute approximate surface area is 92.1 Å². The maximum atomic E-state index is 10.7. The number of amides is 1. The Morgan fingerprint density at radius 2 is 2.20 bits per heavy atom. The zero-order valence-electron chi connectivity index (χ0n) is 7.90. The number of cyclic esters (lactones) is 1. The highest BCUT2D eigenvalue weighted by atomic mass is 35.5. The van der Waals surface area contributed by atoms with Crippen LogP contribution in [0.25, 0.3) is 0 Å². The van der Waals surface area contributed by atoms with E-state index in [9.17, 15) is 4.79 Å². The Bertz CT molecular complexity index is 352. The smallest absolute Gasteiger partial charge is 0.407 e. The van der Waals surface area contributed by atoms with Crippen molar-refractivity contribution in [2.45, 2.75) is 6.10 Å². The number of hydrogen-bond donors (Lipinski definition) is 1. The minimum Gasteiger partial charge on any atom is -0.490 e. The van der Waals surface area contributed by atoms with Crippen LogP contribution in [0, 0.1) is 0 Å². The van der Waals surface area contributed by atoms with Crippen molar-refractivity contribution in [1.82, 2.24) is 5.32 Å². The highest BCUT2D eigenvalue weighted by molar-refractivity contribution is 6.30. The molecule has 1 saturated heterocycles. The zero-order chi connectivity index (χ0) is 10.7. The van der Waals surface area contributed by atoms with Gasteiger partial charge in [0.05, 0.1) is 6.54 Å². The van der Waals surface area contributed by atoms with E-state index >= 15 is 0 Å². The first-order chi connectivity index (χ1) is 7.24. The quantitative estimate of drug-likeness (QED) is 0.857. The van der Waals surface area contributed by atoms with Gasteiger partial charge in [-0.15, -0.1) is 0 Å².